The summed E-state index contributed by atoms with van der Waals surface area (Å²) in [5.41, 5.74) is 0. The van der Waals surface area contributed by atoms with Crippen molar-refractivity contribution < 1.29 is 42.4 Å². The van der Waals surface area contributed by atoms with Crippen LogP contribution in [0.5, 0.6) is 0 Å². The van der Waals surface area contributed by atoms with E-state index in [-0.39, 0.29) is 26.2 Å². The second-order valence-corrected chi connectivity index (χ2v) is 13.1. The standard InChI is InChI=1S/C29H60NO8P/c1-5-6-7-8-9-10-11-12-13-14-15-16-17-19-23-35-26-28(36-24-20-18-21-29(31)32)27-38-39(33,34)37-25-22-30(2,3)4/h28H,5-27H2,1-4H3,(H-,31,32,33,34)/p+1. The van der Waals surface area contributed by atoms with Gasteiger partial charge in [-0.2, -0.15) is 0 Å². The molecular formula is C29H61NO8P+. The van der Waals surface area contributed by atoms with E-state index in [4.69, 9.17) is 23.6 Å². The first kappa shape index (κ1) is 38.5. The van der Waals surface area contributed by atoms with Gasteiger partial charge in [-0.25, -0.2) is 4.57 Å². The fourth-order valence-electron chi connectivity index (χ4n) is 4.03. The summed E-state index contributed by atoms with van der Waals surface area (Å²) in [6.07, 6.45) is 18.9. The third kappa shape index (κ3) is 30.3. The van der Waals surface area contributed by atoms with Crippen molar-refractivity contribution in [3.63, 3.8) is 0 Å². The van der Waals surface area contributed by atoms with E-state index in [1.807, 2.05) is 21.1 Å². The molecular weight excluding hydrogens is 521 g/mol. The van der Waals surface area contributed by atoms with Crippen LogP contribution in [0, 0.1) is 0 Å². The lowest BCUT2D eigenvalue weighted by Gasteiger charge is -2.24. The topological polar surface area (TPSA) is 112 Å². The van der Waals surface area contributed by atoms with E-state index in [1.165, 1.54) is 77.0 Å². The first-order valence-electron chi connectivity index (χ1n) is 15.4. The predicted octanol–water partition coefficient (Wildman–Crippen LogP) is 6.96. The first-order chi connectivity index (χ1) is 18.6. The van der Waals surface area contributed by atoms with Gasteiger partial charge in [-0.05, 0) is 19.3 Å². The molecule has 0 saturated heterocycles. The van der Waals surface area contributed by atoms with Gasteiger partial charge in [-0.15, -0.1) is 0 Å². The molecule has 2 N–H and O–H groups in total. The monoisotopic (exact) mass is 582 g/mol. The number of ether oxygens (including phenoxy) is 2. The van der Waals surface area contributed by atoms with Crippen LogP contribution in [0.4, 0.5) is 0 Å². The van der Waals surface area contributed by atoms with Gasteiger partial charge in [-0.1, -0.05) is 90.4 Å². The number of aliphatic carboxylic acids is 1. The molecule has 0 aromatic rings. The molecule has 0 aliphatic heterocycles. The zero-order chi connectivity index (χ0) is 29.2. The third-order valence-corrected chi connectivity index (χ3v) is 7.51. The van der Waals surface area contributed by atoms with Gasteiger partial charge in [0.05, 0.1) is 34.4 Å². The summed E-state index contributed by atoms with van der Waals surface area (Å²) in [6, 6.07) is 0. The first-order valence-corrected chi connectivity index (χ1v) is 16.9. The number of rotatable bonds is 30. The van der Waals surface area contributed by atoms with Crippen LogP contribution in [0.1, 0.15) is 116 Å². The van der Waals surface area contributed by atoms with Crippen molar-refractivity contribution in [3.05, 3.63) is 0 Å². The fourth-order valence-corrected chi connectivity index (χ4v) is 4.77. The van der Waals surface area contributed by atoms with Crippen LogP contribution in [-0.2, 0) is 27.9 Å². The Hall–Kier alpha value is -0.540. The lowest BCUT2D eigenvalue weighted by atomic mass is 10.0. The number of hydrogen-bond acceptors (Lipinski definition) is 6. The number of likely N-dealkylation sites (N-methyl/N-ethyl adjacent to an activating group) is 1. The maximum absolute atomic E-state index is 12.2. The van der Waals surface area contributed by atoms with E-state index in [0.29, 0.717) is 37.1 Å². The molecule has 0 aromatic carbocycles. The average molecular weight is 583 g/mol. The molecule has 0 amide bonds. The zero-order valence-corrected chi connectivity index (χ0v) is 26.5. The van der Waals surface area contributed by atoms with Crippen LogP contribution in [0.25, 0.3) is 0 Å². The van der Waals surface area contributed by atoms with E-state index < -0.39 is 19.9 Å². The molecule has 0 radical (unpaired) electrons. The Labute approximate surface area is 239 Å². The van der Waals surface area contributed by atoms with E-state index >= 15 is 0 Å². The van der Waals surface area contributed by atoms with Gasteiger partial charge >= 0.3 is 13.8 Å². The number of carboxylic acid groups (broad SMARTS) is 1. The van der Waals surface area contributed by atoms with Gasteiger partial charge in [0.1, 0.15) is 19.3 Å². The second kappa shape index (κ2) is 25.2. The van der Waals surface area contributed by atoms with Gasteiger partial charge in [0, 0.05) is 19.6 Å². The average Bonchev–Trinajstić information content (AvgIpc) is 2.85. The number of hydrogen-bond donors (Lipinski definition) is 2. The molecule has 0 saturated carbocycles. The number of unbranched alkanes of at least 4 members (excludes halogenated alkanes) is 14. The smallest absolute Gasteiger partial charge is 0.472 e. The van der Waals surface area contributed by atoms with E-state index in [0.717, 1.165) is 12.8 Å². The highest BCUT2D eigenvalue weighted by Gasteiger charge is 2.25. The maximum Gasteiger partial charge on any atom is 0.472 e. The number of phosphoric ester groups is 1. The highest BCUT2D eigenvalue weighted by atomic mass is 31.2. The molecule has 0 aromatic heterocycles. The second-order valence-electron chi connectivity index (χ2n) is 11.6. The summed E-state index contributed by atoms with van der Waals surface area (Å²) in [5, 5.41) is 8.77. The van der Waals surface area contributed by atoms with Crippen molar-refractivity contribution >= 4 is 13.8 Å². The Balaban J connectivity index is 4.02. The molecule has 234 valence electrons. The summed E-state index contributed by atoms with van der Waals surface area (Å²) in [6.45, 7) is 3.99. The largest absolute Gasteiger partial charge is 0.481 e. The maximum atomic E-state index is 12.2. The van der Waals surface area contributed by atoms with Crippen LogP contribution in [-0.4, -0.2) is 87.3 Å². The van der Waals surface area contributed by atoms with Crippen molar-refractivity contribution in [2.45, 2.75) is 122 Å². The summed E-state index contributed by atoms with van der Waals surface area (Å²) >= 11 is 0. The van der Waals surface area contributed by atoms with Gasteiger partial charge < -0.3 is 24.0 Å². The van der Waals surface area contributed by atoms with Crippen LogP contribution in [0.15, 0.2) is 0 Å². The zero-order valence-electron chi connectivity index (χ0n) is 25.6. The molecule has 0 heterocycles. The number of quaternary nitrogens is 1. The molecule has 10 heteroatoms. The SMILES string of the molecule is CCCCCCCCCCCCCCCCOCC(COP(=O)(O)OCC[N+](C)(C)C)OCCCCC(=O)O. The molecule has 0 bridgehead atoms. The van der Waals surface area contributed by atoms with Crippen LogP contribution in [0.2, 0.25) is 0 Å². The minimum atomic E-state index is -4.19. The molecule has 39 heavy (non-hydrogen) atoms. The summed E-state index contributed by atoms with van der Waals surface area (Å²) in [4.78, 5) is 20.7. The molecule has 0 fully saturated rings. The van der Waals surface area contributed by atoms with Crippen molar-refractivity contribution in [3.8, 4) is 0 Å². The minimum Gasteiger partial charge on any atom is -0.481 e. The molecule has 2 atom stereocenters. The molecule has 0 spiro atoms. The number of carbonyl (C=O) groups is 1. The van der Waals surface area contributed by atoms with E-state index in [1.54, 1.807) is 0 Å². The Morgan fingerprint density at radius 3 is 1.74 bits per heavy atom. The van der Waals surface area contributed by atoms with Crippen molar-refractivity contribution in [1.82, 2.24) is 0 Å². The van der Waals surface area contributed by atoms with Crippen molar-refractivity contribution in [2.75, 3.05) is 60.7 Å². The lowest BCUT2D eigenvalue weighted by Crippen LogP contribution is -2.37. The van der Waals surface area contributed by atoms with Crippen LogP contribution in [0.3, 0.4) is 0 Å². The van der Waals surface area contributed by atoms with E-state index in [9.17, 15) is 14.3 Å². The Bertz CT molecular complexity index is 615. The number of carboxylic acids is 1. The highest BCUT2D eigenvalue weighted by Crippen LogP contribution is 2.43. The van der Waals surface area contributed by atoms with Crippen molar-refractivity contribution in [2.24, 2.45) is 0 Å². The molecule has 0 aliphatic carbocycles. The van der Waals surface area contributed by atoms with Gasteiger partial charge in [-0.3, -0.25) is 13.8 Å². The molecule has 2 unspecified atom stereocenters. The summed E-state index contributed by atoms with van der Waals surface area (Å²) in [7, 11) is 1.72. The van der Waals surface area contributed by atoms with Crippen LogP contribution >= 0.6 is 7.82 Å². The Kier molecular flexibility index (Phi) is 24.8. The lowest BCUT2D eigenvalue weighted by molar-refractivity contribution is -0.870. The van der Waals surface area contributed by atoms with Gasteiger partial charge in [0.2, 0.25) is 0 Å². The predicted molar refractivity (Wildman–Crippen MR) is 157 cm³/mol. The summed E-state index contributed by atoms with van der Waals surface area (Å²) in [5.74, 6) is -0.835. The number of nitrogens with zero attached hydrogens (tertiary/aromatic N) is 1. The molecule has 0 aliphatic rings. The fraction of sp³-hybridized carbons (Fsp3) is 0.966. The Morgan fingerprint density at radius 1 is 0.718 bits per heavy atom. The molecule has 9 nitrogen and oxygen atoms in total. The van der Waals surface area contributed by atoms with Gasteiger partial charge in [0.15, 0.2) is 0 Å². The number of phosphoric acid groups is 1. The van der Waals surface area contributed by atoms with E-state index in [2.05, 4.69) is 6.92 Å². The normalized spacial score (nSPS) is 14.4. The summed E-state index contributed by atoms with van der Waals surface area (Å²) < 4.78 is 34.6. The van der Waals surface area contributed by atoms with Crippen LogP contribution < -0.4 is 0 Å². The van der Waals surface area contributed by atoms with Crippen molar-refractivity contribution in [1.29, 1.82) is 0 Å². The Morgan fingerprint density at radius 2 is 1.23 bits per heavy atom. The van der Waals surface area contributed by atoms with Gasteiger partial charge in [0.25, 0.3) is 0 Å². The quantitative estimate of drug-likeness (QED) is 0.0531. The molecule has 0 rings (SSSR count). The highest BCUT2D eigenvalue weighted by molar-refractivity contribution is 7.47. The third-order valence-electron chi connectivity index (χ3n) is 6.52. The minimum absolute atomic E-state index is 0.0894.